The van der Waals surface area contributed by atoms with Crippen LogP contribution in [-0.2, 0) is 45.1 Å². The quantitative estimate of drug-likeness (QED) is 0.0448. The molecule has 0 atom stereocenters. The Labute approximate surface area is 749 Å². The first-order valence-corrected chi connectivity index (χ1v) is 55.7. The van der Waals surface area contributed by atoms with Crippen LogP contribution in [0.25, 0.3) is 45.9 Å². The van der Waals surface area contributed by atoms with Crippen LogP contribution < -0.4 is 0 Å². The first kappa shape index (κ1) is 107. The summed E-state index contributed by atoms with van der Waals surface area (Å²) >= 11 is 0. The number of hydrogen-bond donors (Lipinski definition) is 1. The molecule has 8 bridgehead atoms. The van der Waals surface area contributed by atoms with Crippen molar-refractivity contribution in [3.63, 3.8) is 0 Å². The summed E-state index contributed by atoms with van der Waals surface area (Å²) in [5.41, 5.74) is 22.9. The van der Waals surface area contributed by atoms with Crippen molar-refractivity contribution in [2.75, 3.05) is 0 Å². The first-order valence-electron chi connectivity index (χ1n) is 55.7. The summed E-state index contributed by atoms with van der Waals surface area (Å²) in [6, 6.07) is 5.09. The van der Waals surface area contributed by atoms with E-state index >= 15 is 0 Å². The average Bonchev–Trinajstić information content (AvgIpc) is 1.58. The van der Waals surface area contributed by atoms with Crippen molar-refractivity contribution in [3.05, 3.63) is 68.3 Å². The zero-order valence-corrected chi connectivity index (χ0v) is 82.5. The number of H-pyrrole nitrogens is 1. The highest BCUT2D eigenvalue weighted by Gasteiger charge is 2.26. The number of nitrogens with zero attached hydrogens (tertiary/aromatic N) is 3. The fourth-order valence-corrected chi connectivity index (χ4v) is 20.6. The van der Waals surface area contributed by atoms with E-state index in [4.69, 9.17) is 15.0 Å². The Balaban J connectivity index is 1.95. The van der Waals surface area contributed by atoms with E-state index in [0.29, 0.717) is 0 Å². The van der Waals surface area contributed by atoms with Crippen molar-refractivity contribution in [3.8, 4) is 0 Å². The minimum Gasteiger partial charge on any atom is -0.354 e. The maximum Gasteiger partial charge on any atom is 0.0722 e. The van der Waals surface area contributed by atoms with Crippen LogP contribution in [0.2, 0.25) is 0 Å². The molecular weight excluding hydrogens is 1450 g/mol. The number of aromatic amines is 1. The number of fused-ring (bicyclic) bond motifs is 8. The Morgan fingerprint density at radius 3 is 0.750 bits per heavy atom. The van der Waals surface area contributed by atoms with Crippen molar-refractivity contribution in [2.45, 2.75) is 621 Å². The second kappa shape index (κ2) is 76.8. The standard InChI is InChI=1S/C116H206N4/c1-9-17-25-33-41-49-57-65-73-81-89-102-99-105-100-103-96-97-104(117-103)101-112-106(90-82-74-66-58-50-42-34-26-18-10-2)109(93-85-77-69-61-53-45-37-29-21-13-5)116(120(112)98-88-80-72-64-56-48-40-32-24-16-8)111(95-87-79-71-63-55-47-39-31-23-15-7)115-108(92-84-76-68-60-52-44-36-28-20-12-4)107(91-83-75-67-59-51-43-35-27-19-11-3)114(119-115)110(113(102)118-105)94-86-78-70-62-54-46-38-30-22-14-6/h96-97,99-101,119H,9-95,98H2,1-8H3. The van der Waals surface area contributed by atoms with Gasteiger partial charge in [0.05, 0.1) is 22.8 Å². The van der Waals surface area contributed by atoms with Gasteiger partial charge >= 0.3 is 0 Å². The van der Waals surface area contributed by atoms with Gasteiger partial charge in [-0.25, -0.2) is 9.97 Å². The number of aromatic nitrogens is 4. The molecule has 2 aliphatic rings. The van der Waals surface area contributed by atoms with Gasteiger partial charge in [-0.15, -0.1) is 0 Å². The largest absolute Gasteiger partial charge is 0.354 e. The molecule has 0 radical (unpaired) electrons. The van der Waals surface area contributed by atoms with Crippen LogP contribution in [0, 0.1) is 0 Å². The number of hydrogen-bond acceptors (Lipinski definition) is 2. The van der Waals surface area contributed by atoms with Gasteiger partial charge in [-0.05, 0) is 160 Å². The molecule has 3 aromatic heterocycles. The lowest BCUT2D eigenvalue weighted by molar-refractivity contribution is 0.540. The van der Waals surface area contributed by atoms with E-state index < -0.39 is 0 Å². The molecule has 4 heteroatoms. The van der Waals surface area contributed by atoms with Crippen molar-refractivity contribution in [1.82, 2.24) is 19.5 Å². The lowest BCUT2D eigenvalue weighted by atomic mass is 9.91. The summed E-state index contributed by atoms with van der Waals surface area (Å²) in [5.74, 6) is 0. The topological polar surface area (TPSA) is 46.5 Å². The van der Waals surface area contributed by atoms with Gasteiger partial charge in [-0.3, -0.25) is 0 Å². The predicted octanol–water partition coefficient (Wildman–Crippen LogP) is 40.5. The van der Waals surface area contributed by atoms with Crippen molar-refractivity contribution in [1.29, 1.82) is 0 Å². The SMILES string of the molecule is CCCCCCCCCCCCC1=Cc2cc3nc(cc4c(CCCCCCCCCCCC)c(CCCCCCCCCCCC)c(c(CCCCCCCCCCCC)c5[nH]c(c(CCCCCCCCCCCC)c1n2)c(CCCCCCCCCCCC)c5CCCCCCCCCCCC)n4CCCCCCCCCCCC)C=C3. The van der Waals surface area contributed by atoms with E-state index in [2.05, 4.69) is 90.3 Å². The molecule has 0 aliphatic carbocycles. The second-order valence-electron chi connectivity index (χ2n) is 39.5. The lowest BCUT2D eigenvalue weighted by Crippen LogP contribution is -2.03. The minimum atomic E-state index is 1.09. The predicted molar refractivity (Wildman–Crippen MR) is 543 cm³/mol. The second-order valence-corrected chi connectivity index (χ2v) is 39.5. The molecule has 0 aromatic carbocycles. The van der Waals surface area contributed by atoms with Gasteiger partial charge in [0.1, 0.15) is 0 Å². The highest BCUT2D eigenvalue weighted by Crippen LogP contribution is 2.41. The summed E-state index contributed by atoms with van der Waals surface area (Å²) in [4.78, 5) is 16.8. The molecule has 0 unspecified atom stereocenters. The van der Waals surface area contributed by atoms with Gasteiger partial charge in [-0.1, -0.05) is 518 Å². The van der Waals surface area contributed by atoms with Crippen molar-refractivity contribution >= 4 is 45.9 Å². The monoisotopic (exact) mass is 1660 g/mol. The molecule has 5 rings (SSSR count). The Morgan fingerprint density at radius 1 is 0.208 bits per heavy atom. The van der Waals surface area contributed by atoms with Crippen LogP contribution in [0.5, 0.6) is 0 Å². The maximum atomic E-state index is 6.11. The third-order valence-corrected chi connectivity index (χ3v) is 28.3. The van der Waals surface area contributed by atoms with Gasteiger partial charge in [0.15, 0.2) is 0 Å². The van der Waals surface area contributed by atoms with E-state index in [0.717, 1.165) is 42.9 Å². The molecule has 690 valence electrons. The average molecular weight is 1660 g/mol. The summed E-state index contributed by atoms with van der Waals surface area (Å²) < 4.78 is 3.09. The fraction of sp³-hybridized carbons (Fsp3) is 0.828. The fourth-order valence-electron chi connectivity index (χ4n) is 20.6. The normalized spacial score (nSPS) is 12.3. The van der Waals surface area contributed by atoms with Crippen LogP contribution in [0.3, 0.4) is 0 Å². The Hall–Kier alpha value is -3.40. The Morgan fingerprint density at radius 2 is 0.442 bits per heavy atom. The third kappa shape index (κ3) is 49.1. The van der Waals surface area contributed by atoms with E-state index in [1.54, 1.807) is 44.4 Å². The molecule has 5 heterocycles. The molecule has 0 spiro atoms. The molecule has 120 heavy (non-hydrogen) atoms. The summed E-state index contributed by atoms with van der Waals surface area (Å²) in [6.07, 6.45) is 126. The van der Waals surface area contributed by atoms with Gasteiger partial charge < -0.3 is 9.55 Å². The number of rotatable bonds is 88. The van der Waals surface area contributed by atoms with Crippen LogP contribution >= 0.6 is 0 Å². The molecule has 4 nitrogen and oxygen atoms in total. The number of nitrogens with one attached hydrogen (secondary N) is 1. The minimum absolute atomic E-state index is 1.09. The van der Waals surface area contributed by atoms with Crippen LogP contribution in [-0.4, -0.2) is 19.5 Å². The number of unbranched alkanes of at least 4 members (excludes halogenated alkanes) is 72. The maximum absolute atomic E-state index is 6.11. The molecule has 1 N–H and O–H groups in total. The zero-order valence-electron chi connectivity index (χ0n) is 82.5. The van der Waals surface area contributed by atoms with Crippen molar-refractivity contribution in [2.24, 2.45) is 0 Å². The van der Waals surface area contributed by atoms with Gasteiger partial charge in [0.2, 0.25) is 0 Å². The van der Waals surface area contributed by atoms with E-state index in [9.17, 15) is 0 Å². The summed E-state index contributed by atoms with van der Waals surface area (Å²) in [7, 11) is 0. The third-order valence-electron chi connectivity index (χ3n) is 28.3. The highest BCUT2D eigenvalue weighted by molar-refractivity contribution is 5.90. The van der Waals surface area contributed by atoms with Gasteiger partial charge in [-0.2, -0.15) is 0 Å². The smallest absolute Gasteiger partial charge is 0.0722 e. The molecular formula is C116H206N4. The molecule has 2 aliphatic heterocycles. The van der Waals surface area contributed by atoms with E-state index in [1.807, 2.05) is 0 Å². The van der Waals surface area contributed by atoms with Gasteiger partial charge in [0, 0.05) is 34.2 Å². The molecule has 0 saturated heterocycles. The molecule has 0 amide bonds. The van der Waals surface area contributed by atoms with E-state index in [-0.39, 0.29) is 0 Å². The van der Waals surface area contributed by atoms with Crippen LogP contribution in [0.15, 0.2) is 12.1 Å². The Bertz CT molecular complexity index is 3090. The molecule has 3 aromatic rings. The molecule has 0 fully saturated rings. The first-order chi connectivity index (χ1) is 59.5. The summed E-state index contributed by atoms with van der Waals surface area (Å²) in [5, 5.41) is 0. The molecule has 0 saturated carbocycles. The Kier molecular flexibility index (Phi) is 68.6. The van der Waals surface area contributed by atoms with Gasteiger partial charge in [0.25, 0.3) is 0 Å². The summed E-state index contributed by atoms with van der Waals surface area (Å²) in [6.45, 7) is 20.1. The highest BCUT2D eigenvalue weighted by atomic mass is 15.0. The lowest BCUT2D eigenvalue weighted by Gasteiger charge is -2.15. The van der Waals surface area contributed by atoms with Crippen molar-refractivity contribution < 1.29 is 0 Å². The zero-order chi connectivity index (χ0) is 85.1. The van der Waals surface area contributed by atoms with Crippen LogP contribution in [0.1, 0.15) is 632 Å². The number of allylic oxidation sites excluding steroid dienone is 1. The van der Waals surface area contributed by atoms with E-state index in [1.165, 1.54) is 562 Å². The number of aryl methyl sites for hydroxylation is 7. The van der Waals surface area contributed by atoms with Crippen LogP contribution in [0.4, 0.5) is 0 Å².